The normalized spacial score (nSPS) is 10.8. The number of aromatic nitrogens is 3. The lowest BCUT2D eigenvalue weighted by atomic mass is 10.2. The van der Waals surface area contributed by atoms with Gasteiger partial charge in [-0.15, -0.1) is 0 Å². The van der Waals surface area contributed by atoms with Crippen LogP contribution in [0.4, 0.5) is 5.95 Å². The van der Waals surface area contributed by atoms with E-state index in [1.54, 1.807) is 0 Å². The van der Waals surface area contributed by atoms with E-state index < -0.39 is 0 Å². The van der Waals surface area contributed by atoms with Gasteiger partial charge in [-0.25, -0.2) is 9.97 Å². The number of para-hydroxylation sites is 1. The van der Waals surface area contributed by atoms with E-state index in [1.165, 1.54) is 0 Å². The summed E-state index contributed by atoms with van der Waals surface area (Å²) in [7, 11) is 0. The minimum atomic E-state index is -0.322. The fourth-order valence-electron chi connectivity index (χ4n) is 1.84. The summed E-state index contributed by atoms with van der Waals surface area (Å²) in [4.78, 5) is 22.7. The Morgan fingerprint density at radius 2 is 1.89 bits per heavy atom. The highest BCUT2D eigenvalue weighted by Gasteiger charge is 2.11. The van der Waals surface area contributed by atoms with Crippen molar-refractivity contribution in [1.82, 2.24) is 15.0 Å². The highest BCUT2D eigenvalue weighted by Crippen LogP contribution is 2.24. The van der Waals surface area contributed by atoms with Crippen LogP contribution in [-0.2, 0) is 0 Å². The first kappa shape index (κ1) is 11.9. The predicted molar refractivity (Wildman–Crippen MR) is 77.7 cm³/mol. The molecule has 0 aliphatic heterocycles. The number of rotatable bonds is 1. The van der Waals surface area contributed by atoms with E-state index in [0.717, 1.165) is 10.9 Å². The molecule has 0 aliphatic carbocycles. The van der Waals surface area contributed by atoms with Crippen molar-refractivity contribution < 1.29 is 0 Å². The van der Waals surface area contributed by atoms with Gasteiger partial charge in [0.25, 0.3) is 5.56 Å². The van der Waals surface area contributed by atoms with Crippen molar-refractivity contribution in [3.8, 4) is 11.4 Å². The molecule has 0 bridgehead atoms. The molecule has 5 nitrogen and oxygen atoms in total. The molecule has 0 saturated heterocycles. The fraction of sp³-hybridized carbons (Fsp3) is 0. The lowest BCUT2D eigenvalue weighted by molar-refractivity contribution is 1.11. The fourth-order valence-corrected chi connectivity index (χ4v) is 2.23. The van der Waals surface area contributed by atoms with E-state index in [-0.39, 0.29) is 11.5 Å². The first-order chi connectivity index (χ1) is 9.15. The molecule has 0 aliphatic rings. The highest BCUT2D eigenvalue weighted by molar-refractivity contribution is 9.10. The molecule has 0 saturated carbocycles. The molecule has 0 spiro atoms. The molecule has 0 atom stereocenters. The molecular formula is C13H9BrN4O. The van der Waals surface area contributed by atoms with Crippen molar-refractivity contribution in [2.75, 3.05) is 5.73 Å². The molecule has 0 unspecified atom stereocenters. The molecule has 1 aromatic carbocycles. The number of hydrogen-bond acceptors (Lipinski definition) is 4. The molecule has 2 aromatic heterocycles. The zero-order chi connectivity index (χ0) is 13.4. The van der Waals surface area contributed by atoms with E-state index in [1.807, 2.05) is 36.4 Å². The molecule has 6 heteroatoms. The summed E-state index contributed by atoms with van der Waals surface area (Å²) in [6, 6.07) is 11.5. The third-order valence-electron chi connectivity index (χ3n) is 2.72. The SMILES string of the molecule is Nc1nc(-c2ccc3ccccc3n2)c(Br)c(=O)[nH]1. The van der Waals surface area contributed by atoms with Crippen LogP contribution in [0.5, 0.6) is 0 Å². The maximum atomic E-state index is 11.6. The van der Waals surface area contributed by atoms with E-state index in [2.05, 4.69) is 30.9 Å². The summed E-state index contributed by atoms with van der Waals surface area (Å²) in [6.45, 7) is 0. The Balaban J connectivity index is 2.27. The largest absolute Gasteiger partial charge is 0.369 e. The number of nitrogen functional groups attached to an aromatic ring is 1. The number of H-pyrrole nitrogens is 1. The molecule has 0 fully saturated rings. The number of pyridine rings is 1. The number of nitrogens with zero attached hydrogens (tertiary/aromatic N) is 2. The van der Waals surface area contributed by atoms with Crippen LogP contribution in [0, 0.1) is 0 Å². The second kappa shape index (κ2) is 4.47. The number of nitrogens with two attached hydrogens (primary N) is 1. The average Bonchev–Trinajstić information content (AvgIpc) is 2.42. The Bertz CT molecular complexity index is 828. The van der Waals surface area contributed by atoms with E-state index in [0.29, 0.717) is 15.9 Å². The monoisotopic (exact) mass is 316 g/mol. The smallest absolute Gasteiger partial charge is 0.267 e. The number of nitrogens with one attached hydrogen (secondary N) is 1. The van der Waals surface area contributed by atoms with Gasteiger partial charge in [-0.2, -0.15) is 0 Å². The van der Waals surface area contributed by atoms with Crippen LogP contribution >= 0.6 is 15.9 Å². The van der Waals surface area contributed by atoms with E-state index >= 15 is 0 Å². The van der Waals surface area contributed by atoms with Crippen molar-refractivity contribution >= 4 is 32.8 Å². The summed E-state index contributed by atoms with van der Waals surface area (Å²) in [6.07, 6.45) is 0. The van der Waals surface area contributed by atoms with Gasteiger partial charge in [-0.1, -0.05) is 24.3 Å². The van der Waals surface area contributed by atoms with Crippen molar-refractivity contribution in [2.24, 2.45) is 0 Å². The predicted octanol–water partition coefficient (Wildman–Crippen LogP) is 2.33. The van der Waals surface area contributed by atoms with Gasteiger partial charge < -0.3 is 5.73 Å². The Kier molecular flexibility index (Phi) is 2.79. The van der Waals surface area contributed by atoms with Crippen LogP contribution in [0.15, 0.2) is 45.7 Å². The lowest BCUT2D eigenvalue weighted by Crippen LogP contribution is -2.13. The average molecular weight is 317 g/mol. The quantitative estimate of drug-likeness (QED) is 0.721. The summed E-state index contributed by atoms with van der Waals surface area (Å²) >= 11 is 3.21. The van der Waals surface area contributed by atoms with Gasteiger partial charge in [0.05, 0.1) is 11.2 Å². The van der Waals surface area contributed by atoms with Crippen LogP contribution in [0.25, 0.3) is 22.3 Å². The summed E-state index contributed by atoms with van der Waals surface area (Å²) in [5.41, 5.74) is 7.12. The van der Waals surface area contributed by atoms with Gasteiger partial charge in [0.15, 0.2) is 0 Å². The topological polar surface area (TPSA) is 84.7 Å². The van der Waals surface area contributed by atoms with Crippen molar-refractivity contribution in [1.29, 1.82) is 0 Å². The molecule has 3 rings (SSSR count). The number of anilines is 1. The minimum absolute atomic E-state index is 0.0677. The summed E-state index contributed by atoms with van der Waals surface area (Å²) < 4.78 is 0.324. The zero-order valence-electron chi connectivity index (χ0n) is 9.72. The third kappa shape index (κ3) is 2.10. The van der Waals surface area contributed by atoms with E-state index in [4.69, 9.17) is 5.73 Å². The molecular weight excluding hydrogens is 308 g/mol. The second-order valence-electron chi connectivity index (χ2n) is 4.00. The molecule has 3 aromatic rings. The van der Waals surface area contributed by atoms with Gasteiger partial charge in [0.1, 0.15) is 10.2 Å². The minimum Gasteiger partial charge on any atom is -0.369 e. The van der Waals surface area contributed by atoms with Gasteiger partial charge in [-0.05, 0) is 28.1 Å². The van der Waals surface area contributed by atoms with Crippen molar-refractivity contribution in [3.05, 3.63) is 51.2 Å². The maximum Gasteiger partial charge on any atom is 0.267 e. The molecule has 3 N–H and O–H groups in total. The van der Waals surface area contributed by atoms with Gasteiger partial charge in [0.2, 0.25) is 5.95 Å². The Labute approximate surface area is 116 Å². The highest BCUT2D eigenvalue weighted by atomic mass is 79.9. The number of aromatic amines is 1. The van der Waals surface area contributed by atoms with E-state index in [9.17, 15) is 4.79 Å². The molecule has 2 heterocycles. The van der Waals surface area contributed by atoms with Crippen LogP contribution in [0.2, 0.25) is 0 Å². The molecule has 19 heavy (non-hydrogen) atoms. The first-order valence-corrected chi connectivity index (χ1v) is 6.36. The number of halogens is 1. The second-order valence-corrected chi connectivity index (χ2v) is 4.80. The molecule has 0 amide bonds. The van der Waals surface area contributed by atoms with Crippen LogP contribution in [0.3, 0.4) is 0 Å². The zero-order valence-corrected chi connectivity index (χ0v) is 11.3. The standard InChI is InChI=1S/C13H9BrN4O/c14-10-11(17-13(15)18-12(10)19)9-6-5-7-3-1-2-4-8(7)16-9/h1-6H,(H3,15,17,18,19). The maximum absolute atomic E-state index is 11.6. The Morgan fingerprint density at radius 3 is 2.74 bits per heavy atom. The summed E-state index contributed by atoms with van der Waals surface area (Å²) in [5, 5.41) is 1.03. The van der Waals surface area contributed by atoms with Crippen molar-refractivity contribution in [3.63, 3.8) is 0 Å². The Morgan fingerprint density at radius 1 is 1.11 bits per heavy atom. The lowest BCUT2D eigenvalue weighted by Gasteiger charge is -2.05. The van der Waals surface area contributed by atoms with Gasteiger partial charge in [-0.3, -0.25) is 9.78 Å². The van der Waals surface area contributed by atoms with Crippen molar-refractivity contribution in [2.45, 2.75) is 0 Å². The molecule has 94 valence electrons. The number of fused-ring (bicyclic) bond motifs is 1. The first-order valence-electron chi connectivity index (χ1n) is 5.56. The molecule has 0 radical (unpaired) electrons. The van der Waals surface area contributed by atoms with Gasteiger partial charge >= 0.3 is 0 Å². The number of benzene rings is 1. The Hall–Kier alpha value is -2.21. The third-order valence-corrected chi connectivity index (χ3v) is 3.46. The van der Waals surface area contributed by atoms with Crippen LogP contribution in [-0.4, -0.2) is 15.0 Å². The van der Waals surface area contributed by atoms with Crippen LogP contribution < -0.4 is 11.3 Å². The van der Waals surface area contributed by atoms with Crippen LogP contribution in [0.1, 0.15) is 0 Å². The van der Waals surface area contributed by atoms with Gasteiger partial charge in [0, 0.05) is 5.39 Å². The number of hydrogen-bond donors (Lipinski definition) is 2. The summed E-state index contributed by atoms with van der Waals surface area (Å²) in [5.74, 6) is 0.0677.